The van der Waals surface area contributed by atoms with Gasteiger partial charge >= 0.3 is 5.97 Å². The van der Waals surface area contributed by atoms with Crippen molar-refractivity contribution < 1.29 is 9.63 Å². The molecule has 0 aliphatic heterocycles. The summed E-state index contributed by atoms with van der Waals surface area (Å²) in [5.74, 6) is -0.507. The van der Waals surface area contributed by atoms with E-state index in [1.807, 2.05) is 73.7 Å². The Morgan fingerprint density at radius 3 is 1.85 bits per heavy atom. The number of nitrogens with zero attached hydrogens (tertiary/aromatic N) is 1. The van der Waals surface area contributed by atoms with E-state index >= 15 is 0 Å². The van der Waals surface area contributed by atoms with Gasteiger partial charge in [-0.3, -0.25) is 0 Å². The number of benzene rings is 3. The third-order valence-electron chi connectivity index (χ3n) is 5.29. The minimum atomic E-state index is -0.324. The van der Waals surface area contributed by atoms with E-state index in [0.717, 1.165) is 23.1 Å². The van der Waals surface area contributed by atoms with Gasteiger partial charge in [-0.15, -0.1) is 0 Å². The van der Waals surface area contributed by atoms with Gasteiger partial charge in [0.2, 0.25) is 0 Å². The number of hydrogen-bond acceptors (Lipinski definition) is 3. The summed E-state index contributed by atoms with van der Waals surface area (Å²) in [5.41, 5.74) is 3.59. The number of carbonyl (C=O) groups is 1. The summed E-state index contributed by atoms with van der Waals surface area (Å²) < 4.78 is 0. The van der Waals surface area contributed by atoms with Crippen molar-refractivity contribution in [2.24, 2.45) is 11.1 Å². The summed E-state index contributed by atoms with van der Waals surface area (Å²) in [4.78, 5) is 18.1. The zero-order valence-corrected chi connectivity index (χ0v) is 15.2. The Kier molecular flexibility index (Phi) is 4.59. The van der Waals surface area contributed by atoms with Gasteiger partial charge in [-0.1, -0.05) is 96.2 Å². The molecule has 1 aliphatic carbocycles. The molecule has 1 atom stereocenters. The largest absolute Gasteiger partial charge is 0.339 e. The van der Waals surface area contributed by atoms with Gasteiger partial charge in [0, 0.05) is 5.41 Å². The first kappa shape index (κ1) is 17.2. The number of carbonyl (C=O) groups excluding carboxylic acids is 1. The van der Waals surface area contributed by atoms with Crippen LogP contribution in [0.4, 0.5) is 0 Å². The van der Waals surface area contributed by atoms with Crippen molar-refractivity contribution in [1.82, 2.24) is 0 Å². The summed E-state index contributed by atoms with van der Waals surface area (Å²) in [6.45, 7) is 1.84. The molecule has 1 aliphatic rings. The van der Waals surface area contributed by atoms with Gasteiger partial charge in [0.15, 0.2) is 0 Å². The van der Waals surface area contributed by atoms with Crippen LogP contribution in [0.15, 0.2) is 96.2 Å². The SMILES string of the molecule is C/C(=N/OC(=O)C1CC1(c1ccccc1)c1ccccc1)c1ccccc1. The molecule has 0 spiro atoms. The molecule has 3 aromatic carbocycles. The van der Waals surface area contributed by atoms with Crippen LogP contribution in [0.5, 0.6) is 0 Å². The lowest BCUT2D eigenvalue weighted by Crippen LogP contribution is -2.18. The molecule has 27 heavy (non-hydrogen) atoms. The number of hydrogen-bond donors (Lipinski definition) is 0. The fraction of sp³-hybridized carbons (Fsp3) is 0.167. The topological polar surface area (TPSA) is 38.7 Å². The van der Waals surface area contributed by atoms with Crippen molar-refractivity contribution in [1.29, 1.82) is 0 Å². The highest BCUT2D eigenvalue weighted by Crippen LogP contribution is 2.59. The maximum atomic E-state index is 12.8. The lowest BCUT2D eigenvalue weighted by Gasteiger charge is -2.18. The predicted octanol–water partition coefficient (Wildman–Crippen LogP) is 4.96. The second-order valence-corrected chi connectivity index (χ2v) is 6.91. The molecule has 3 heteroatoms. The summed E-state index contributed by atoms with van der Waals surface area (Å²) in [7, 11) is 0. The quantitative estimate of drug-likeness (QED) is 0.369. The molecule has 4 rings (SSSR count). The molecule has 0 saturated heterocycles. The fourth-order valence-corrected chi connectivity index (χ4v) is 3.73. The number of rotatable bonds is 5. The summed E-state index contributed by atoms with van der Waals surface area (Å²) in [5, 5.41) is 4.08. The van der Waals surface area contributed by atoms with Gasteiger partial charge < -0.3 is 4.84 Å². The predicted molar refractivity (Wildman–Crippen MR) is 107 cm³/mol. The van der Waals surface area contributed by atoms with E-state index in [9.17, 15) is 4.79 Å². The molecule has 0 bridgehead atoms. The van der Waals surface area contributed by atoms with Crippen molar-refractivity contribution in [2.45, 2.75) is 18.8 Å². The van der Waals surface area contributed by atoms with Crippen molar-refractivity contribution in [2.75, 3.05) is 0 Å². The van der Waals surface area contributed by atoms with E-state index in [-0.39, 0.29) is 17.3 Å². The first-order chi connectivity index (χ1) is 13.2. The molecule has 1 fully saturated rings. The van der Waals surface area contributed by atoms with E-state index in [1.54, 1.807) is 0 Å². The van der Waals surface area contributed by atoms with Crippen LogP contribution in [0, 0.1) is 5.92 Å². The van der Waals surface area contributed by atoms with Crippen LogP contribution in [0.1, 0.15) is 30.0 Å². The van der Waals surface area contributed by atoms with Crippen LogP contribution >= 0.6 is 0 Å². The molecule has 3 aromatic rings. The molecule has 3 nitrogen and oxygen atoms in total. The Bertz CT molecular complexity index is 910. The summed E-state index contributed by atoms with van der Waals surface area (Å²) in [6.07, 6.45) is 0.736. The molecule has 0 aromatic heterocycles. The Balaban J connectivity index is 1.58. The first-order valence-corrected chi connectivity index (χ1v) is 9.14. The highest BCUT2D eigenvalue weighted by molar-refractivity contribution is 5.98. The average Bonchev–Trinajstić information content (AvgIpc) is 3.51. The normalized spacial score (nSPS) is 18.0. The average molecular weight is 355 g/mol. The van der Waals surface area contributed by atoms with Gasteiger partial charge in [-0.25, -0.2) is 4.79 Å². The van der Waals surface area contributed by atoms with Gasteiger partial charge in [0.05, 0.1) is 11.6 Å². The molecule has 134 valence electrons. The lowest BCUT2D eigenvalue weighted by atomic mass is 9.86. The molecular weight excluding hydrogens is 334 g/mol. The zero-order chi connectivity index (χ0) is 18.7. The molecule has 1 unspecified atom stereocenters. The van der Waals surface area contributed by atoms with E-state index < -0.39 is 0 Å². The Hall–Kier alpha value is -3.20. The minimum absolute atomic E-state index is 0.227. The highest BCUT2D eigenvalue weighted by Gasteiger charge is 2.61. The van der Waals surface area contributed by atoms with Crippen LogP contribution < -0.4 is 0 Å². The van der Waals surface area contributed by atoms with Crippen molar-refractivity contribution in [3.05, 3.63) is 108 Å². The van der Waals surface area contributed by atoms with Crippen LogP contribution in [-0.4, -0.2) is 11.7 Å². The van der Waals surface area contributed by atoms with Crippen LogP contribution in [0.25, 0.3) is 0 Å². The van der Waals surface area contributed by atoms with Gasteiger partial charge in [0.1, 0.15) is 0 Å². The van der Waals surface area contributed by atoms with E-state index in [4.69, 9.17) is 4.84 Å². The van der Waals surface area contributed by atoms with Gasteiger partial charge in [0.25, 0.3) is 0 Å². The van der Waals surface area contributed by atoms with Crippen LogP contribution in [0.2, 0.25) is 0 Å². The van der Waals surface area contributed by atoms with Crippen LogP contribution in [-0.2, 0) is 15.0 Å². The zero-order valence-electron chi connectivity index (χ0n) is 15.2. The molecular formula is C24H21NO2. The lowest BCUT2D eigenvalue weighted by molar-refractivity contribution is -0.145. The van der Waals surface area contributed by atoms with E-state index in [1.165, 1.54) is 0 Å². The monoisotopic (exact) mass is 355 g/mol. The van der Waals surface area contributed by atoms with Crippen molar-refractivity contribution in [3.63, 3.8) is 0 Å². The Morgan fingerprint density at radius 1 is 0.852 bits per heavy atom. The van der Waals surface area contributed by atoms with Crippen molar-refractivity contribution in [3.8, 4) is 0 Å². The molecule has 1 saturated carbocycles. The molecule has 0 heterocycles. The maximum Gasteiger partial charge on any atom is 0.339 e. The maximum absolute atomic E-state index is 12.8. The van der Waals surface area contributed by atoms with Crippen molar-refractivity contribution >= 4 is 11.7 Å². The number of oxime groups is 1. The summed E-state index contributed by atoms with van der Waals surface area (Å²) >= 11 is 0. The minimum Gasteiger partial charge on any atom is -0.318 e. The highest BCUT2D eigenvalue weighted by atomic mass is 16.7. The molecule has 0 N–H and O–H groups in total. The Morgan fingerprint density at radius 2 is 1.33 bits per heavy atom. The molecule has 0 amide bonds. The molecule has 0 radical (unpaired) electrons. The Labute approximate surface area is 159 Å². The fourth-order valence-electron chi connectivity index (χ4n) is 3.73. The first-order valence-electron chi connectivity index (χ1n) is 9.14. The second kappa shape index (κ2) is 7.20. The summed E-state index contributed by atoms with van der Waals surface area (Å²) in [6, 6.07) is 30.1. The van der Waals surface area contributed by atoms with E-state index in [2.05, 4.69) is 29.4 Å². The third kappa shape index (κ3) is 3.28. The third-order valence-corrected chi connectivity index (χ3v) is 5.29. The van der Waals surface area contributed by atoms with E-state index in [0.29, 0.717) is 5.71 Å². The van der Waals surface area contributed by atoms with Crippen LogP contribution in [0.3, 0.4) is 0 Å². The smallest absolute Gasteiger partial charge is 0.318 e. The second-order valence-electron chi connectivity index (χ2n) is 6.91. The standard InChI is InChI=1S/C24H21NO2/c1-18(19-11-5-2-6-12-19)25-27-23(26)22-17-24(22,20-13-7-3-8-14-20)21-15-9-4-10-16-21/h2-16,22H,17H2,1H3/b25-18-. The van der Waals surface area contributed by atoms with Gasteiger partial charge in [-0.05, 0) is 30.0 Å². The van der Waals surface area contributed by atoms with Gasteiger partial charge in [-0.2, -0.15) is 0 Å².